The van der Waals surface area contributed by atoms with E-state index in [-0.39, 0.29) is 17.1 Å². The van der Waals surface area contributed by atoms with Crippen molar-refractivity contribution in [2.45, 2.75) is 58.1 Å². The zero-order valence-electron chi connectivity index (χ0n) is 15.7. The molecule has 2 fully saturated rings. The number of ether oxygens (including phenoxy) is 1. The molecule has 0 spiro atoms. The molecule has 4 N–H and O–H groups in total. The van der Waals surface area contributed by atoms with Gasteiger partial charge < -0.3 is 15.6 Å². The summed E-state index contributed by atoms with van der Waals surface area (Å²) >= 11 is 0. The Balaban J connectivity index is 0.000000279. The topological polar surface area (TPSA) is 144 Å². The molecule has 27 heavy (non-hydrogen) atoms. The molecule has 2 bridgehead atoms. The van der Waals surface area contributed by atoms with Crippen LogP contribution in [-0.4, -0.2) is 60.8 Å². The van der Waals surface area contributed by atoms with E-state index in [2.05, 4.69) is 4.74 Å². The lowest BCUT2D eigenvalue weighted by atomic mass is 9.70. The van der Waals surface area contributed by atoms with Crippen LogP contribution in [0.2, 0.25) is 0 Å². The van der Waals surface area contributed by atoms with Gasteiger partial charge in [0.05, 0.1) is 18.3 Å². The number of methoxy groups -OCH3 is 1. The third kappa shape index (κ3) is 4.47. The van der Waals surface area contributed by atoms with Crippen LogP contribution in [0.15, 0.2) is 0 Å². The van der Waals surface area contributed by atoms with E-state index in [4.69, 9.17) is 15.4 Å². The highest BCUT2D eigenvalue weighted by Gasteiger charge is 2.65. The minimum atomic E-state index is -4.08. The van der Waals surface area contributed by atoms with Gasteiger partial charge in [0.2, 0.25) is 0 Å². The van der Waals surface area contributed by atoms with Gasteiger partial charge >= 0.3 is 5.97 Å². The van der Waals surface area contributed by atoms with Gasteiger partial charge in [-0.2, -0.15) is 8.42 Å². The lowest BCUT2D eigenvalue weighted by molar-refractivity contribution is -0.158. The number of alkyl halides is 2. The Kier molecular flexibility index (Phi) is 6.80. The van der Waals surface area contributed by atoms with Crippen molar-refractivity contribution in [2.24, 2.45) is 22.5 Å². The first-order valence-corrected chi connectivity index (χ1v) is 9.96. The Morgan fingerprint density at radius 2 is 1.96 bits per heavy atom. The van der Waals surface area contributed by atoms with Crippen molar-refractivity contribution in [1.29, 1.82) is 0 Å². The van der Waals surface area contributed by atoms with Crippen LogP contribution in [0.25, 0.3) is 0 Å². The number of carbonyl (C=O) groups is 2. The van der Waals surface area contributed by atoms with Crippen molar-refractivity contribution in [3.8, 4) is 0 Å². The minimum absolute atomic E-state index is 0.0152. The second-order valence-corrected chi connectivity index (χ2v) is 9.37. The molecule has 4 atom stereocenters. The van der Waals surface area contributed by atoms with Gasteiger partial charge in [0.15, 0.2) is 0 Å². The largest absolute Gasteiger partial charge is 0.468 e. The quantitative estimate of drug-likeness (QED) is 0.441. The summed E-state index contributed by atoms with van der Waals surface area (Å²) < 4.78 is 59.1. The number of hydrogen-bond donors (Lipinski definition) is 3. The number of halogens is 2. The Morgan fingerprint density at radius 3 is 2.26 bits per heavy atom. The molecule has 0 heterocycles. The van der Waals surface area contributed by atoms with Crippen LogP contribution in [0.3, 0.4) is 0 Å². The average molecular weight is 415 g/mol. The van der Waals surface area contributed by atoms with Crippen LogP contribution in [0.4, 0.5) is 8.78 Å². The zero-order chi connectivity index (χ0) is 21.4. The molecule has 0 radical (unpaired) electrons. The minimum Gasteiger partial charge on any atom is -0.468 e. The highest BCUT2D eigenvalue weighted by atomic mass is 32.2. The van der Waals surface area contributed by atoms with E-state index in [1.807, 2.05) is 13.8 Å². The molecule has 0 saturated heterocycles. The number of Topliss-reactive ketones (excluding diaryl/α,β-unsaturated/α-hetero) is 1. The highest BCUT2D eigenvalue weighted by molar-refractivity contribution is 7.85. The summed E-state index contributed by atoms with van der Waals surface area (Å²) in [7, 11) is -3.07. The molecule has 2 aliphatic carbocycles. The molecule has 0 aliphatic heterocycles. The number of nitrogens with two attached hydrogens (primary N) is 1. The van der Waals surface area contributed by atoms with E-state index in [1.165, 1.54) is 0 Å². The van der Waals surface area contributed by atoms with Crippen molar-refractivity contribution >= 4 is 21.9 Å². The van der Waals surface area contributed by atoms with Crippen molar-refractivity contribution in [3.63, 3.8) is 0 Å². The number of hydrogen-bond acceptors (Lipinski definition) is 7. The summed E-state index contributed by atoms with van der Waals surface area (Å²) in [4.78, 5) is 22.5. The Labute approximate surface area is 157 Å². The van der Waals surface area contributed by atoms with Gasteiger partial charge in [0, 0.05) is 6.42 Å². The predicted molar refractivity (Wildman–Crippen MR) is 91.6 cm³/mol. The fourth-order valence-electron chi connectivity index (χ4n) is 3.92. The lowest BCUT2D eigenvalue weighted by Gasteiger charge is -2.35. The summed E-state index contributed by atoms with van der Waals surface area (Å²) in [6.45, 7) is 4.67. The van der Waals surface area contributed by atoms with Gasteiger partial charge in [-0.3, -0.25) is 14.1 Å². The van der Waals surface area contributed by atoms with E-state index in [0.717, 1.165) is 20.5 Å². The monoisotopic (exact) mass is 415 g/mol. The fourth-order valence-corrected chi connectivity index (χ4v) is 5.22. The maximum atomic E-state index is 12.0. The van der Waals surface area contributed by atoms with E-state index in [9.17, 15) is 26.8 Å². The molecule has 11 heteroatoms. The molecule has 158 valence electrons. The smallest absolute Gasteiger partial charge is 0.325 e. The van der Waals surface area contributed by atoms with Crippen LogP contribution in [0.1, 0.15) is 40.0 Å². The molecule has 0 aromatic heterocycles. The molecule has 2 saturated carbocycles. The number of rotatable bonds is 5. The fraction of sp³-hybridized carbons (Fsp3) is 0.875. The first-order valence-electron chi connectivity index (χ1n) is 8.35. The van der Waals surface area contributed by atoms with Crippen LogP contribution in [0.5, 0.6) is 0 Å². The van der Waals surface area contributed by atoms with Crippen molar-refractivity contribution < 1.29 is 41.2 Å². The maximum absolute atomic E-state index is 12.0. The first-order chi connectivity index (χ1) is 12.0. The molecular formula is C16H27F2NO7S. The molecule has 2 aliphatic rings. The standard InChI is InChI=1S/C10H16O4S.C6H11F2NO3/c1-9(2)7-3-4-10(9,8(11)5-7)6-15(12,13)14;1-6(11,5(7)8)3(9)4(10)12-2/h7H,3-6H2,1-2H3,(H,12,13,14);3,5,11H,9H2,1-2H3/t7-,10-;3-,6+/m11/s1. The number of carbonyl (C=O) groups excluding carboxylic acids is 2. The number of esters is 1. The van der Waals surface area contributed by atoms with Gasteiger partial charge in [0.25, 0.3) is 16.5 Å². The Morgan fingerprint density at radius 1 is 1.44 bits per heavy atom. The summed E-state index contributed by atoms with van der Waals surface area (Å²) in [5, 5.41) is 8.99. The SMILES string of the molecule is CC1(C)[C@@H]2CC[C@@]1(CS(=O)(=O)O)C(=O)C2.COC(=O)[C@@H](N)[C@](C)(O)C(F)F. The Bertz CT molecular complexity index is 693. The van der Waals surface area contributed by atoms with Crippen LogP contribution in [-0.2, 0) is 24.4 Å². The molecule has 0 aromatic carbocycles. The van der Waals surface area contributed by atoms with Crippen LogP contribution in [0, 0.1) is 16.7 Å². The van der Waals surface area contributed by atoms with Crippen LogP contribution >= 0.6 is 0 Å². The van der Waals surface area contributed by atoms with E-state index >= 15 is 0 Å². The second kappa shape index (κ2) is 7.69. The maximum Gasteiger partial charge on any atom is 0.325 e. The molecule has 0 aromatic rings. The highest BCUT2D eigenvalue weighted by Crippen LogP contribution is 2.64. The summed E-state index contributed by atoms with van der Waals surface area (Å²) in [6.07, 6.45) is -1.12. The van der Waals surface area contributed by atoms with E-state index < -0.39 is 45.3 Å². The summed E-state index contributed by atoms with van der Waals surface area (Å²) in [5.74, 6) is -1.17. The van der Waals surface area contributed by atoms with Gasteiger partial charge in [0.1, 0.15) is 17.4 Å². The van der Waals surface area contributed by atoms with Gasteiger partial charge in [-0.25, -0.2) is 8.78 Å². The average Bonchev–Trinajstić information content (AvgIpc) is 2.86. The summed E-state index contributed by atoms with van der Waals surface area (Å²) in [5.41, 5.74) is 1.33. The van der Waals surface area contributed by atoms with Crippen molar-refractivity contribution in [2.75, 3.05) is 12.9 Å². The third-order valence-corrected chi connectivity index (χ3v) is 6.95. The molecular weight excluding hydrogens is 388 g/mol. The second-order valence-electron chi connectivity index (χ2n) is 7.92. The van der Waals surface area contributed by atoms with Crippen molar-refractivity contribution in [1.82, 2.24) is 0 Å². The predicted octanol–water partition coefficient (Wildman–Crippen LogP) is 0.772. The summed E-state index contributed by atoms with van der Waals surface area (Å²) in [6, 6.07) is -1.73. The molecule has 8 nitrogen and oxygen atoms in total. The van der Waals surface area contributed by atoms with Gasteiger partial charge in [-0.1, -0.05) is 13.8 Å². The third-order valence-electron chi connectivity index (χ3n) is 6.09. The first kappa shape index (κ1) is 23.9. The Hall–Kier alpha value is -1.17. The lowest BCUT2D eigenvalue weighted by Crippen LogP contribution is -2.55. The number of aliphatic hydroxyl groups is 1. The normalized spacial score (nSPS) is 29.7. The van der Waals surface area contributed by atoms with Crippen molar-refractivity contribution in [3.05, 3.63) is 0 Å². The molecule has 0 unspecified atom stereocenters. The zero-order valence-corrected chi connectivity index (χ0v) is 16.6. The van der Waals surface area contributed by atoms with Crippen LogP contribution < -0.4 is 5.73 Å². The van der Waals surface area contributed by atoms with E-state index in [1.54, 1.807) is 0 Å². The number of fused-ring (bicyclic) bond motifs is 2. The van der Waals surface area contributed by atoms with E-state index in [0.29, 0.717) is 12.8 Å². The molecule has 0 amide bonds. The van der Waals surface area contributed by atoms with Gasteiger partial charge in [-0.15, -0.1) is 0 Å². The van der Waals surface area contributed by atoms with Gasteiger partial charge in [-0.05, 0) is 31.1 Å². The molecule has 2 rings (SSSR count). The number of ketones is 1.